The van der Waals surface area contributed by atoms with Gasteiger partial charge in [0, 0.05) is 12.1 Å². The Morgan fingerprint density at radius 2 is 1.79 bits per heavy atom. The van der Waals surface area contributed by atoms with Crippen LogP contribution in [0.1, 0.15) is 22.9 Å². The minimum atomic E-state index is -0.856. The lowest BCUT2D eigenvalue weighted by atomic mass is 9.96. The lowest BCUT2D eigenvalue weighted by Crippen LogP contribution is -2.29. The molecule has 6 nitrogen and oxygen atoms in total. The van der Waals surface area contributed by atoms with Crippen LogP contribution in [0.3, 0.4) is 0 Å². The normalized spacial score (nSPS) is 17.6. The van der Waals surface area contributed by atoms with Crippen molar-refractivity contribution in [2.24, 2.45) is 0 Å². The lowest BCUT2D eigenvalue weighted by molar-refractivity contribution is -0.140. The van der Waals surface area contributed by atoms with Gasteiger partial charge in [-0.2, -0.15) is 0 Å². The predicted octanol–water partition coefficient (Wildman–Crippen LogP) is 5.06. The third kappa shape index (κ3) is 3.55. The summed E-state index contributed by atoms with van der Waals surface area (Å²) < 4.78 is 10.9. The van der Waals surface area contributed by atoms with Gasteiger partial charge in [-0.3, -0.25) is 9.59 Å². The fraction of sp³-hybridized carbons (Fsp3) is 0.111. The van der Waals surface area contributed by atoms with Crippen molar-refractivity contribution in [1.29, 1.82) is 0 Å². The zero-order valence-electron chi connectivity index (χ0n) is 17.9. The number of rotatable bonds is 5. The molecule has 1 amide bonds. The maximum Gasteiger partial charge on any atom is 0.296 e. The van der Waals surface area contributed by atoms with Crippen LogP contribution in [-0.2, 0) is 16.1 Å². The number of amides is 1. The molecule has 1 aliphatic heterocycles. The van der Waals surface area contributed by atoms with Gasteiger partial charge < -0.3 is 19.2 Å². The van der Waals surface area contributed by atoms with Crippen molar-refractivity contribution in [2.75, 3.05) is 7.11 Å². The van der Waals surface area contributed by atoms with Crippen LogP contribution in [0.15, 0.2) is 95.1 Å². The van der Waals surface area contributed by atoms with Crippen LogP contribution >= 0.6 is 0 Å². The summed E-state index contributed by atoms with van der Waals surface area (Å²) in [4.78, 5) is 27.8. The van der Waals surface area contributed by atoms with E-state index in [-0.39, 0.29) is 17.9 Å². The van der Waals surface area contributed by atoms with Crippen molar-refractivity contribution < 1.29 is 23.8 Å². The van der Waals surface area contributed by atoms with Gasteiger partial charge in [-0.1, -0.05) is 54.6 Å². The number of methoxy groups -OCH3 is 1. The Balaban J connectivity index is 1.66. The van der Waals surface area contributed by atoms with E-state index in [2.05, 4.69) is 0 Å². The van der Waals surface area contributed by atoms with E-state index in [9.17, 15) is 14.7 Å². The third-order valence-electron chi connectivity index (χ3n) is 5.88. The molecule has 1 unspecified atom stereocenters. The summed E-state index contributed by atoms with van der Waals surface area (Å²) in [6, 6.07) is 22.9. The molecule has 6 heteroatoms. The molecule has 1 fully saturated rings. The van der Waals surface area contributed by atoms with Crippen molar-refractivity contribution in [3.05, 3.63) is 108 Å². The SMILES string of the molecule is COc1cccc(CN2C(=O)C(=O)/C(=C(\O)c3cccc4ccccc34)C2c2ccco2)c1. The number of carbonyl (C=O) groups is 2. The molecule has 5 rings (SSSR count). The molecule has 0 spiro atoms. The van der Waals surface area contributed by atoms with Gasteiger partial charge in [-0.15, -0.1) is 0 Å². The van der Waals surface area contributed by atoms with Crippen LogP contribution in [0.4, 0.5) is 0 Å². The number of hydrogen-bond acceptors (Lipinski definition) is 5. The van der Waals surface area contributed by atoms with Gasteiger partial charge in [0.25, 0.3) is 11.7 Å². The van der Waals surface area contributed by atoms with Crippen molar-refractivity contribution in [2.45, 2.75) is 12.6 Å². The molecule has 1 aromatic heterocycles. The van der Waals surface area contributed by atoms with Crippen molar-refractivity contribution in [3.63, 3.8) is 0 Å². The van der Waals surface area contributed by atoms with Crippen LogP contribution in [0.2, 0.25) is 0 Å². The number of aliphatic hydroxyl groups excluding tert-OH is 1. The zero-order valence-corrected chi connectivity index (χ0v) is 17.9. The Morgan fingerprint density at radius 3 is 2.58 bits per heavy atom. The largest absolute Gasteiger partial charge is 0.507 e. The fourth-order valence-electron chi connectivity index (χ4n) is 4.33. The number of aliphatic hydroxyl groups is 1. The molecule has 1 N–H and O–H groups in total. The highest BCUT2D eigenvalue weighted by Gasteiger charge is 2.47. The molecule has 0 aliphatic carbocycles. The third-order valence-corrected chi connectivity index (χ3v) is 5.88. The van der Waals surface area contributed by atoms with Gasteiger partial charge in [-0.05, 0) is 40.6 Å². The second-order valence-electron chi connectivity index (χ2n) is 7.82. The number of fused-ring (bicyclic) bond motifs is 1. The van der Waals surface area contributed by atoms with E-state index in [0.29, 0.717) is 17.1 Å². The highest BCUT2D eigenvalue weighted by molar-refractivity contribution is 6.46. The van der Waals surface area contributed by atoms with Gasteiger partial charge in [0.15, 0.2) is 0 Å². The molecule has 0 bridgehead atoms. The van der Waals surface area contributed by atoms with E-state index in [1.165, 1.54) is 11.2 Å². The van der Waals surface area contributed by atoms with Crippen LogP contribution in [0.25, 0.3) is 16.5 Å². The Hall–Kier alpha value is -4.32. The van der Waals surface area contributed by atoms with E-state index in [1.54, 1.807) is 25.3 Å². The van der Waals surface area contributed by atoms with Crippen LogP contribution in [0.5, 0.6) is 5.75 Å². The summed E-state index contributed by atoms with van der Waals surface area (Å²) in [5, 5.41) is 13.1. The number of nitrogens with zero attached hydrogens (tertiary/aromatic N) is 1. The highest BCUT2D eigenvalue weighted by atomic mass is 16.5. The highest BCUT2D eigenvalue weighted by Crippen LogP contribution is 2.41. The van der Waals surface area contributed by atoms with Crippen molar-refractivity contribution in [1.82, 2.24) is 4.90 Å². The average molecular weight is 439 g/mol. The maximum absolute atomic E-state index is 13.2. The molecular formula is C27H21NO5. The first-order chi connectivity index (χ1) is 16.1. The van der Waals surface area contributed by atoms with Gasteiger partial charge in [0.2, 0.25) is 0 Å². The molecule has 164 valence electrons. The minimum absolute atomic E-state index is 0.00852. The van der Waals surface area contributed by atoms with Crippen molar-refractivity contribution >= 4 is 28.2 Å². The van der Waals surface area contributed by atoms with E-state index >= 15 is 0 Å². The Kier molecular flexibility index (Phi) is 5.18. The summed E-state index contributed by atoms with van der Waals surface area (Å²) in [6.07, 6.45) is 1.49. The lowest BCUT2D eigenvalue weighted by Gasteiger charge is -2.23. The molecule has 2 heterocycles. The minimum Gasteiger partial charge on any atom is -0.507 e. The number of hydrogen-bond donors (Lipinski definition) is 1. The van der Waals surface area contributed by atoms with E-state index in [4.69, 9.17) is 9.15 Å². The average Bonchev–Trinajstić information content (AvgIpc) is 3.46. The van der Waals surface area contributed by atoms with Gasteiger partial charge >= 0.3 is 0 Å². The summed E-state index contributed by atoms with van der Waals surface area (Å²) in [5.74, 6) is -0.612. The summed E-state index contributed by atoms with van der Waals surface area (Å²) >= 11 is 0. The number of likely N-dealkylation sites (tertiary alicyclic amines) is 1. The predicted molar refractivity (Wildman–Crippen MR) is 123 cm³/mol. The molecule has 1 saturated heterocycles. The number of Topliss-reactive ketones (excluding diaryl/α,β-unsaturated/α-hetero) is 1. The van der Waals surface area contributed by atoms with Crippen LogP contribution in [-0.4, -0.2) is 28.8 Å². The van der Waals surface area contributed by atoms with Gasteiger partial charge in [0.05, 0.1) is 18.9 Å². The first kappa shape index (κ1) is 20.6. The monoisotopic (exact) mass is 439 g/mol. The second-order valence-corrected chi connectivity index (χ2v) is 7.82. The van der Waals surface area contributed by atoms with Crippen LogP contribution in [0, 0.1) is 0 Å². The maximum atomic E-state index is 13.2. The molecule has 0 saturated carbocycles. The summed E-state index contributed by atoms with van der Waals surface area (Å²) in [5.41, 5.74) is 1.29. The second kappa shape index (κ2) is 8.31. The van der Waals surface area contributed by atoms with Crippen molar-refractivity contribution in [3.8, 4) is 5.75 Å². The Morgan fingerprint density at radius 1 is 1.00 bits per heavy atom. The summed E-state index contributed by atoms with van der Waals surface area (Å²) in [6.45, 7) is 0.152. The fourth-order valence-corrected chi connectivity index (χ4v) is 4.33. The van der Waals surface area contributed by atoms with Gasteiger partial charge in [0.1, 0.15) is 23.3 Å². The van der Waals surface area contributed by atoms with E-state index < -0.39 is 17.7 Å². The number of furan rings is 1. The van der Waals surface area contributed by atoms with E-state index in [0.717, 1.165) is 16.3 Å². The number of ether oxygens (including phenoxy) is 1. The molecule has 0 radical (unpaired) electrons. The number of benzene rings is 3. The Labute approximate surface area is 190 Å². The van der Waals surface area contributed by atoms with Gasteiger partial charge in [-0.25, -0.2) is 0 Å². The van der Waals surface area contributed by atoms with E-state index in [1.807, 2.05) is 60.7 Å². The quantitative estimate of drug-likeness (QED) is 0.267. The molecule has 3 aromatic carbocycles. The van der Waals surface area contributed by atoms with Crippen LogP contribution < -0.4 is 4.74 Å². The molecule has 4 aromatic rings. The number of ketones is 1. The topological polar surface area (TPSA) is 80.0 Å². The number of carbonyl (C=O) groups excluding carboxylic acids is 2. The Bertz CT molecular complexity index is 1380. The first-order valence-corrected chi connectivity index (χ1v) is 10.5. The zero-order chi connectivity index (χ0) is 22.9. The molecule has 1 aliphatic rings. The molecular weight excluding hydrogens is 418 g/mol. The smallest absolute Gasteiger partial charge is 0.296 e. The standard InChI is InChI=1S/C27H21NO5/c1-32-19-10-4-7-17(15-19)16-28-24(22-13-6-14-33-22)23(26(30)27(28)31)25(29)21-12-5-9-18-8-2-3-11-20(18)21/h2-15,24,29H,16H2,1H3/b25-23-. The first-order valence-electron chi connectivity index (χ1n) is 10.5. The molecule has 1 atom stereocenters. The summed E-state index contributed by atoms with van der Waals surface area (Å²) in [7, 11) is 1.57. The molecule has 33 heavy (non-hydrogen) atoms.